The molecule has 0 aliphatic carbocycles. The van der Waals surface area contributed by atoms with Crippen LogP contribution in [0.1, 0.15) is 18.1 Å². The maximum absolute atomic E-state index is 13.8. The number of aliphatic hydroxyl groups is 1. The molecule has 2 rings (SSSR count). The van der Waals surface area contributed by atoms with Crippen molar-refractivity contribution >= 4 is 11.7 Å². The molecule has 0 aliphatic rings. The van der Waals surface area contributed by atoms with Gasteiger partial charge in [-0.15, -0.1) is 6.42 Å². The van der Waals surface area contributed by atoms with Gasteiger partial charge in [-0.2, -0.15) is 0 Å². The summed E-state index contributed by atoms with van der Waals surface area (Å²) in [6.45, 7) is 1.05. The molecule has 124 valence electrons. The smallest absolute Gasteiger partial charge is 0.319 e. The molecule has 0 fully saturated rings. The number of terminal acetylenes is 1. The first-order chi connectivity index (χ1) is 11.3. The fourth-order valence-corrected chi connectivity index (χ4v) is 2.14. The number of halogens is 2. The summed E-state index contributed by atoms with van der Waals surface area (Å²) in [7, 11) is 0. The van der Waals surface area contributed by atoms with Gasteiger partial charge in [0.2, 0.25) is 0 Å². The molecule has 0 heterocycles. The topological polar surface area (TPSA) is 61.4 Å². The van der Waals surface area contributed by atoms with E-state index < -0.39 is 23.3 Å². The second kappa shape index (κ2) is 7.11. The molecule has 1 atom stereocenters. The van der Waals surface area contributed by atoms with Gasteiger partial charge < -0.3 is 15.7 Å². The van der Waals surface area contributed by atoms with Gasteiger partial charge in [0.05, 0.1) is 6.54 Å². The largest absolute Gasteiger partial charge is 0.383 e. The molecule has 24 heavy (non-hydrogen) atoms. The molecule has 4 nitrogen and oxygen atoms in total. The number of anilines is 1. The Morgan fingerprint density at radius 3 is 2.71 bits per heavy atom. The number of amides is 2. The van der Waals surface area contributed by atoms with E-state index in [9.17, 15) is 18.7 Å². The Kier molecular flexibility index (Phi) is 5.17. The van der Waals surface area contributed by atoms with Gasteiger partial charge >= 0.3 is 6.03 Å². The van der Waals surface area contributed by atoms with Crippen LogP contribution in [0.3, 0.4) is 0 Å². The Bertz CT molecular complexity index is 798. The van der Waals surface area contributed by atoms with Crippen molar-refractivity contribution in [3.8, 4) is 12.3 Å². The Balaban J connectivity index is 2.00. The second-order valence-corrected chi connectivity index (χ2v) is 5.43. The molecule has 2 amide bonds. The molecule has 1 unspecified atom stereocenters. The molecule has 0 aromatic heterocycles. The van der Waals surface area contributed by atoms with Gasteiger partial charge in [-0.3, -0.25) is 0 Å². The summed E-state index contributed by atoms with van der Waals surface area (Å²) >= 11 is 0. The zero-order chi connectivity index (χ0) is 17.7. The zero-order valence-electron chi connectivity index (χ0n) is 12.9. The Morgan fingerprint density at radius 2 is 2.04 bits per heavy atom. The van der Waals surface area contributed by atoms with E-state index in [4.69, 9.17) is 6.42 Å². The van der Waals surface area contributed by atoms with E-state index in [-0.39, 0.29) is 12.1 Å². The Hall–Kier alpha value is -2.91. The molecule has 2 aromatic carbocycles. The van der Waals surface area contributed by atoms with Crippen molar-refractivity contribution in [3.63, 3.8) is 0 Å². The number of urea groups is 1. The number of nitrogens with one attached hydrogen (secondary N) is 2. The summed E-state index contributed by atoms with van der Waals surface area (Å²) in [6, 6.07) is 8.93. The van der Waals surface area contributed by atoms with Crippen molar-refractivity contribution in [2.45, 2.75) is 12.5 Å². The van der Waals surface area contributed by atoms with Gasteiger partial charge in [0.15, 0.2) is 0 Å². The number of rotatable bonds is 4. The maximum Gasteiger partial charge on any atom is 0.319 e. The van der Waals surface area contributed by atoms with Crippen molar-refractivity contribution in [2.24, 2.45) is 0 Å². The molecule has 3 N–H and O–H groups in total. The number of hydrogen-bond acceptors (Lipinski definition) is 2. The molecular weight excluding hydrogens is 314 g/mol. The van der Waals surface area contributed by atoms with Crippen LogP contribution in [0, 0.1) is 24.0 Å². The maximum atomic E-state index is 13.8. The highest BCUT2D eigenvalue weighted by molar-refractivity contribution is 5.89. The van der Waals surface area contributed by atoms with Crippen LogP contribution >= 0.6 is 0 Å². The molecule has 0 radical (unpaired) electrons. The van der Waals surface area contributed by atoms with Crippen LogP contribution in [0.4, 0.5) is 19.3 Å². The first-order valence-electron chi connectivity index (χ1n) is 7.11. The van der Waals surface area contributed by atoms with Gasteiger partial charge in [0, 0.05) is 22.9 Å². The Morgan fingerprint density at radius 1 is 1.29 bits per heavy atom. The van der Waals surface area contributed by atoms with Crippen molar-refractivity contribution in [3.05, 3.63) is 65.2 Å². The summed E-state index contributed by atoms with van der Waals surface area (Å²) in [6.07, 6.45) is 5.28. The van der Waals surface area contributed by atoms with Crippen LogP contribution < -0.4 is 10.6 Å². The lowest BCUT2D eigenvalue weighted by atomic mass is 9.95. The minimum absolute atomic E-state index is 0.112. The summed E-state index contributed by atoms with van der Waals surface area (Å²) in [5.41, 5.74) is -0.724. The van der Waals surface area contributed by atoms with Crippen LogP contribution in [0.25, 0.3) is 0 Å². The van der Waals surface area contributed by atoms with Crippen LogP contribution in [0.5, 0.6) is 0 Å². The van der Waals surface area contributed by atoms with Crippen molar-refractivity contribution in [1.82, 2.24) is 5.32 Å². The molecular formula is C18H16F2N2O2. The average Bonchev–Trinajstić information content (AvgIpc) is 2.53. The SMILES string of the molecule is C#Cc1cccc(NC(=O)NCC(C)(O)c2ccc(F)cc2F)c1. The van der Waals surface area contributed by atoms with Crippen molar-refractivity contribution in [1.29, 1.82) is 0 Å². The van der Waals surface area contributed by atoms with Crippen molar-refractivity contribution in [2.75, 3.05) is 11.9 Å². The van der Waals surface area contributed by atoms with Crippen LogP contribution in [0.15, 0.2) is 42.5 Å². The summed E-state index contributed by atoms with van der Waals surface area (Å²) in [5, 5.41) is 15.3. The van der Waals surface area contributed by atoms with E-state index in [1.165, 1.54) is 6.92 Å². The number of benzene rings is 2. The van der Waals surface area contributed by atoms with Gasteiger partial charge in [-0.05, 0) is 31.2 Å². The normalized spacial score (nSPS) is 12.8. The molecule has 2 aromatic rings. The minimum Gasteiger partial charge on any atom is -0.383 e. The van der Waals surface area contributed by atoms with Crippen LogP contribution in [-0.4, -0.2) is 17.7 Å². The highest BCUT2D eigenvalue weighted by atomic mass is 19.1. The molecule has 0 saturated heterocycles. The van der Waals surface area contributed by atoms with E-state index in [0.717, 1.165) is 12.1 Å². The van der Waals surface area contributed by atoms with Gasteiger partial charge in [-0.1, -0.05) is 18.1 Å². The highest BCUT2D eigenvalue weighted by Gasteiger charge is 2.27. The summed E-state index contributed by atoms with van der Waals surface area (Å²) in [5.74, 6) is 0.816. The first kappa shape index (κ1) is 17.4. The van der Waals surface area contributed by atoms with E-state index in [1.54, 1.807) is 24.3 Å². The predicted molar refractivity (Wildman–Crippen MR) is 87.3 cm³/mol. The Labute approximate surface area is 138 Å². The fourth-order valence-electron chi connectivity index (χ4n) is 2.14. The lowest BCUT2D eigenvalue weighted by molar-refractivity contribution is 0.0561. The summed E-state index contributed by atoms with van der Waals surface area (Å²) in [4.78, 5) is 11.9. The molecule has 0 bridgehead atoms. The predicted octanol–water partition coefficient (Wildman–Crippen LogP) is 2.98. The van der Waals surface area contributed by atoms with E-state index >= 15 is 0 Å². The molecule has 6 heteroatoms. The third kappa shape index (κ3) is 4.31. The van der Waals surface area contributed by atoms with E-state index in [2.05, 4.69) is 16.6 Å². The lowest BCUT2D eigenvalue weighted by Gasteiger charge is -2.24. The van der Waals surface area contributed by atoms with Crippen LogP contribution in [0.2, 0.25) is 0 Å². The number of carbonyl (C=O) groups is 1. The van der Waals surface area contributed by atoms with Gasteiger partial charge in [0.25, 0.3) is 0 Å². The average molecular weight is 330 g/mol. The first-order valence-corrected chi connectivity index (χ1v) is 7.11. The monoisotopic (exact) mass is 330 g/mol. The third-order valence-corrected chi connectivity index (χ3v) is 3.39. The molecule has 0 saturated carbocycles. The van der Waals surface area contributed by atoms with E-state index in [1.807, 2.05) is 0 Å². The van der Waals surface area contributed by atoms with Gasteiger partial charge in [-0.25, -0.2) is 13.6 Å². The molecule has 0 aliphatic heterocycles. The minimum atomic E-state index is -1.70. The number of hydrogen-bond donors (Lipinski definition) is 3. The lowest BCUT2D eigenvalue weighted by Crippen LogP contribution is -2.41. The molecule has 0 spiro atoms. The van der Waals surface area contributed by atoms with Crippen LogP contribution in [-0.2, 0) is 5.60 Å². The summed E-state index contributed by atoms with van der Waals surface area (Å²) < 4.78 is 26.7. The van der Waals surface area contributed by atoms with Gasteiger partial charge in [0.1, 0.15) is 17.2 Å². The van der Waals surface area contributed by atoms with Crippen molar-refractivity contribution < 1.29 is 18.7 Å². The zero-order valence-corrected chi connectivity index (χ0v) is 12.9. The quantitative estimate of drug-likeness (QED) is 0.755. The standard InChI is InChI=1S/C18H16F2N2O2/c1-3-12-5-4-6-14(9-12)22-17(23)21-11-18(2,24)15-8-7-13(19)10-16(15)20/h1,4-10,24H,11H2,2H3,(H2,21,22,23). The fraction of sp³-hybridized carbons (Fsp3) is 0.167. The highest BCUT2D eigenvalue weighted by Crippen LogP contribution is 2.23. The second-order valence-electron chi connectivity index (χ2n) is 5.43. The van der Waals surface area contributed by atoms with E-state index in [0.29, 0.717) is 17.3 Å². The number of carbonyl (C=O) groups excluding carboxylic acids is 1. The third-order valence-electron chi connectivity index (χ3n) is 3.39.